The molecule has 2 rings (SSSR count). The van der Waals surface area contributed by atoms with Crippen molar-refractivity contribution in [3.63, 3.8) is 0 Å². The first-order valence-corrected chi connectivity index (χ1v) is 5.16. The Labute approximate surface area is 78.6 Å². The van der Waals surface area contributed by atoms with Gasteiger partial charge in [-0.15, -0.1) is 0 Å². The molecule has 0 aromatic heterocycles. The number of isocyanates is 1. The van der Waals surface area contributed by atoms with E-state index < -0.39 is 0 Å². The molecule has 2 atom stereocenters. The van der Waals surface area contributed by atoms with E-state index in [2.05, 4.69) is 10.3 Å². The van der Waals surface area contributed by atoms with E-state index in [1.807, 2.05) is 0 Å². The zero-order valence-corrected chi connectivity index (χ0v) is 7.83. The second-order valence-electron chi connectivity index (χ2n) is 4.21. The minimum Gasteiger partial charge on any atom is -0.316 e. The summed E-state index contributed by atoms with van der Waals surface area (Å²) >= 11 is 0. The number of fused-ring (bicyclic) bond motifs is 2. The lowest BCUT2D eigenvalue weighted by Crippen LogP contribution is -2.47. The topological polar surface area (TPSA) is 41.5 Å². The Morgan fingerprint density at radius 1 is 1.31 bits per heavy atom. The summed E-state index contributed by atoms with van der Waals surface area (Å²) in [5.74, 6) is 2.16. The summed E-state index contributed by atoms with van der Waals surface area (Å²) in [6.45, 7) is 2.95. The van der Waals surface area contributed by atoms with E-state index in [-0.39, 0.29) is 0 Å². The van der Waals surface area contributed by atoms with E-state index in [0.29, 0.717) is 12.5 Å². The van der Waals surface area contributed by atoms with Crippen LogP contribution in [-0.4, -0.2) is 25.7 Å². The predicted octanol–water partition coefficient (Wildman–Crippen LogP) is 0.958. The average molecular weight is 180 g/mol. The first-order chi connectivity index (χ1) is 6.42. The number of carbonyl (C=O) groups excluding carboxylic acids is 1. The van der Waals surface area contributed by atoms with Gasteiger partial charge < -0.3 is 5.32 Å². The van der Waals surface area contributed by atoms with Gasteiger partial charge in [-0.1, -0.05) is 6.42 Å². The summed E-state index contributed by atoms with van der Waals surface area (Å²) < 4.78 is 0. The SMILES string of the molecule is O=C=NCC1C2CCCC1CNC2. The average Bonchev–Trinajstić information content (AvgIpc) is 2.14. The molecule has 1 aliphatic carbocycles. The Morgan fingerprint density at radius 2 is 2.00 bits per heavy atom. The molecule has 0 amide bonds. The van der Waals surface area contributed by atoms with Crippen molar-refractivity contribution in [1.29, 1.82) is 0 Å². The molecular weight excluding hydrogens is 164 g/mol. The molecule has 1 aliphatic heterocycles. The molecule has 2 bridgehead atoms. The van der Waals surface area contributed by atoms with Crippen LogP contribution >= 0.6 is 0 Å². The number of nitrogens with zero attached hydrogens (tertiary/aromatic N) is 1. The van der Waals surface area contributed by atoms with Gasteiger partial charge in [-0.25, -0.2) is 9.79 Å². The third-order valence-corrected chi connectivity index (χ3v) is 3.54. The zero-order valence-electron chi connectivity index (χ0n) is 7.83. The highest BCUT2D eigenvalue weighted by molar-refractivity contribution is 5.32. The summed E-state index contributed by atoms with van der Waals surface area (Å²) in [5.41, 5.74) is 0. The normalized spacial score (nSPS) is 38.0. The fraction of sp³-hybridized carbons (Fsp3) is 0.900. The van der Waals surface area contributed by atoms with Gasteiger partial charge in [0.1, 0.15) is 0 Å². The van der Waals surface area contributed by atoms with E-state index >= 15 is 0 Å². The van der Waals surface area contributed by atoms with Gasteiger partial charge in [-0.05, 0) is 43.7 Å². The second-order valence-corrected chi connectivity index (χ2v) is 4.21. The van der Waals surface area contributed by atoms with E-state index in [1.54, 1.807) is 6.08 Å². The molecule has 1 saturated heterocycles. The quantitative estimate of drug-likeness (QED) is 0.508. The molecule has 0 aromatic rings. The lowest BCUT2D eigenvalue weighted by atomic mass is 9.70. The highest BCUT2D eigenvalue weighted by Crippen LogP contribution is 2.36. The molecule has 13 heavy (non-hydrogen) atoms. The van der Waals surface area contributed by atoms with Crippen LogP contribution in [0.3, 0.4) is 0 Å². The van der Waals surface area contributed by atoms with Crippen molar-refractivity contribution in [2.75, 3.05) is 19.6 Å². The smallest absolute Gasteiger partial charge is 0.234 e. The van der Waals surface area contributed by atoms with Crippen molar-refractivity contribution in [2.24, 2.45) is 22.7 Å². The molecule has 1 N–H and O–H groups in total. The Hall–Kier alpha value is -0.660. The third-order valence-electron chi connectivity index (χ3n) is 3.54. The predicted molar refractivity (Wildman–Crippen MR) is 50.2 cm³/mol. The minimum absolute atomic E-state index is 0.649. The van der Waals surface area contributed by atoms with Gasteiger partial charge in [0.05, 0.1) is 6.54 Å². The van der Waals surface area contributed by atoms with E-state index in [4.69, 9.17) is 0 Å². The number of hydrogen-bond acceptors (Lipinski definition) is 3. The number of piperidine rings is 1. The Morgan fingerprint density at radius 3 is 2.62 bits per heavy atom. The molecule has 72 valence electrons. The molecule has 0 aromatic carbocycles. The van der Waals surface area contributed by atoms with Crippen molar-refractivity contribution < 1.29 is 4.79 Å². The highest BCUT2D eigenvalue weighted by Gasteiger charge is 2.35. The number of rotatable bonds is 2. The van der Waals surface area contributed by atoms with Crippen LogP contribution < -0.4 is 5.32 Å². The van der Waals surface area contributed by atoms with Crippen molar-refractivity contribution in [3.05, 3.63) is 0 Å². The summed E-state index contributed by atoms with van der Waals surface area (Å²) in [5, 5.41) is 3.45. The van der Waals surface area contributed by atoms with Crippen LogP contribution in [-0.2, 0) is 4.79 Å². The molecule has 2 unspecified atom stereocenters. The molecule has 2 fully saturated rings. The van der Waals surface area contributed by atoms with Gasteiger partial charge in [0.2, 0.25) is 6.08 Å². The number of aliphatic imine (C=N–C) groups is 1. The summed E-state index contributed by atoms with van der Waals surface area (Å²) in [7, 11) is 0. The minimum atomic E-state index is 0.649. The standard InChI is InChI=1S/C10H16N2O/c13-7-12-6-10-8-2-1-3-9(10)5-11-4-8/h8-11H,1-6H2. The van der Waals surface area contributed by atoms with Crippen molar-refractivity contribution in [3.8, 4) is 0 Å². The van der Waals surface area contributed by atoms with Crippen LogP contribution in [0.1, 0.15) is 19.3 Å². The van der Waals surface area contributed by atoms with Crippen molar-refractivity contribution >= 4 is 6.08 Å². The van der Waals surface area contributed by atoms with Gasteiger partial charge in [-0.2, -0.15) is 0 Å². The lowest BCUT2D eigenvalue weighted by molar-refractivity contribution is 0.115. The highest BCUT2D eigenvalue weighted by atomic mass is 16.1. The first kappa shape index (κ1) is 8.92. The van der Waals surface area contributed by atoms with Gasteiger partial charge in [-0.3, -0.25) is 0 Å². The molecule has 0 radical (unpaired) electrons. The summed E-state index contributed by atoms with van der Waals surface area (Å²) in [6, 6.07) is 0. The zero-order chi connectivity index (χ0) is 9.10. The number of hydrogen-bond donors (Lipinski definition) is 1. The fourth-order valence-electron chi connectivity index (χ4n) is 2.86. The molecule has 0 spiro atoms. The van der Waals surface area contributed by atoms with Gasteiger partial charge in [0.25, 0.3) is 0 Å². The second kappa shape index (κ2) is 4.03. The maximum Gasteiger partial charge on any atom is 0.234 e. The van der Waals surface area contributed by atoms with Crippen molar-refractivity contribution in [2.45, 2.75) is 19.3 Å². The van der Waals surface area contributed by atoms with Crippen LogP contribution in [0.5, 0.6) is 0 Å². The van der Waals surface area contributed by atoms with Crippen LogP contribution in [0.25, 0.3) is 0 Å². The molecule has 3 heteroatoms. The van der Waals surface area contributed by atoms with Crippen molar-refractivity contribution in [1.82, 2.24) is 5.32 Å². The van der Waals surface area contributed by atoms with Gasteiger partial charge in [0.15, 0.2) is 0 Å². The van der Waals surface area contributed by atoms with E-state index in [1.165, 1.54) is 19.3 Å². The lowest BCUT2D eigenvalue weighted by Gasteiger charge is -2.42. The summed E-state index contributed by atoms with van der Waals surface area (Å²) in [4.78, 5) is 13.8. The van der Waals surface area contributed by atoms with Gasteiger partial charge >= 0.3 is 0 Å². The van der Waals surface area contributed by atoms with Crippen LogP contribution in [0, 0.1) is 17.8 Å². The Balaban J connectivity index is 2.01. The Kier molecular flexibility index (Phi) is 2.77. The van der Waals surface area contributed by atoms with Crippen LogP contribution in [0.4, 0.5) is 0 Å². The summed E-state index contributed by atoms with van der Waals surface area (Å²) in [6.07, 6.45) is 5.63. The molecule has 1 saturated carbocycles. The number of nitrogens with one attached hydrogen (secondary N) is 1. The monoisotopic (exact) mass is 180 g/mol. The maximum atomic E-state index is 10.1. The third kappa shape index (κ3) is 1.82. The molecular formula is C10H16N2O. The van der Waals surface area contributed by atoms with Gasteiger partial charge in [0, 0.05) is 0 Å². The molecule has 3 nitrogen and oxygen atoms in total. The Bertz CT molecular complexity index is 201. The molecule has 1 heterocycles. The maximum absolute atomic E-state index is 10.1. The van der Waals surface area contributed by atoms with E-state index in [0.717, 1.165) is 24.9 Å². The van der Waals surface area contributed by atoms with Crippen LogP contribution in [0.15, 0.2) is 4.99 Å². The molecule has 2 aliphatic rings. The first-order valence-electron chi connectivity index (χ1n) is 5.16. The van der Waals surface area contributed by atoms with Crippen LogP contribution in [0.2, 0.25) is 0 Å². The van der Waals surface area contributed by atoms with E-state index in [9.17, 15) is 4.79 Å². The fourth-order valence-corrected chi connectivity index (χ4v) is 2.86. The largest absolute Gasteiger partial charge is 0.316 e.